The molecular formula is C17H23NO4. The average Bonchev–Trinajstić information content (AvgIpc) is 2.94. The minimum absolute atomic E-state index is 0.0395. The van der Waals surface area contributed by atoms with Crippen LogP contribution in [0.4, 0.5) is 0 Å². The van der Waals surface area contributed by atoms with Crippen molar-refractivity contribution in [3.8, 4) is 5.75 Å². The highest BCUT2D eigenvalue weighted by molar-refractivity contribution is 5.86. The lowest BCUT2D eigenvalue weighted by Crippen LogP contribution is -2.35. The SMILES string of the molecule is COC(=O)C1CC(=O)N(C(C)CCc2ccc(OC)cc2)C1. The van der Waals surface area contributed by atoms with Crippen LogP contribution in [0, 0.1) is 5.92 Å². The van der Waals surface area contributed by atoms with Gasteiger partial charge >= 0.3 is 5.97 Å². The third-order valence-electron chi connectivity index (χ3n) is 4.23. The number of hydrogen-bond donors (Lipinski definition) is 0. The van der Waals surface area contributed by atoms with Gasteiger partial charge in [0.05, 0.1) is 20.1 Å². The first-order valence-electron chi connectivity index (χ1n) is 7.55. The van der Waals surface area contributed by atoms with Crippen LogP contribution in [0.5, 0.6) is 5.75 Å². The van der Waals surface area contributed by atoms with Gasteiger partial charge in [-0.2, -0.15) is 0 Å². The highest BCUT2D eigenvalue weighted by atomic mass is 16.5. The minimum atomic E-state index is -0.319. The number of rotatable bonds is 6. The Labute approximate surface area is 131 Å². The molecule has 1 aromatic rings. The molecule has 5 heteroatoms. The molecule has 2 unspecified atom stereocenters. The topological polar surface area (TPSA) is 55.8 Å². The summed E-state index contributed by atoms with van der Waals surface area (Å²) in [6.45, 7) is 2.50. The molecule has 22 heavy (non-hydrogen) atoms. The summed E-state index contributed by atoms with van der Waals surface area (Å²) in [6.07, 6.45) is 2.02. The van der Waals surface area contributed by atoms with Gasteiger partial charge < -0.3 is 14.4 Å². The van der Waals surface area contributed by atoms with Crippen LogP contribution in [0.1, 0.15) is 25.3 Å². The molecule has 1 heterocycles. The van der Waals surface area contributed by atoms with Crippen molar-refractivity contribution < 1.29 is 19.1 Å². The quantitative estimate of drug-likeness (QED) is 0.755. The summed E-state index contributed by atoms with van der Waals surface area (Å²) in [6, 6.07) is 8.07. The first kappa shape index (κ1) is 16.3. The van der Waals surface area contributed by atoms with Gasteiger partial charge in [-0.1, -0.05) is 12.1 Å². The van der Waals surface area contributed by atoms with Crippen molar-refractivity contribution in [2.24, 2.45) is 5.92 Å². The molecular weight excluding hydrogens is 282 g/mol. The van der Waals surface area contributed by atoms with Crippen LogP contribution >= 0.6 is 0 Å². The predicted molar refractivity (Wildman–Crippen MR) is 82.6 cm³/mol. The average molecular weight is 305 g/mol. The van der Waals surface area contributed by atoms with Crippen LogP contribution in [0.2, 0.25) is 0 Å². The number of carbonyl (C=O) groups is 2. The van der Waals surface area contributed by atoms with Crippen molar-refractivity contribution in [1.82, 2.24) is 4.90 Å². The molecule has 0 saturated carbocycles. The molecule has 0 radical (unpaired) electrons. The Morgan fingerprint density at radius 2 is 2.00 bits per heavy atom. The second-order valence-electron chi connectivity index (χ2n) is 5.71. The summed E-state index contributed by atoms with van der Waals surface area (Å²) in [4.78, 5) is 25.4. The fraction of sp³-hybridized carbons (Fsp3) is 0.529. The molecule has 0 bridgehead atoms. The van der Waals surface area contributed by atoms with E-state index in [9.17, 15) is 9.59 Å². The monoisotopic (exact) mass is 305 g/mol. The zero-order valence-corrected chi connectivity index (χ0v) is 13.4. The summed E-state index contributed by atoms with van der Waals surface area (Å²) in [5, 5.41) is 0. The minimum Gasteiger partial charge on any atom is -0.497 e. The summed E-state index contributed by atoms with van der Waals surface area (Å²) in [7, 11) is 3.01. The molecule has 0 spiro atoms. The second-order valence-corrected chi connectivity index (χ2v) is 5.71. The van der Waals surface area contributed by atoms with Crippen LogP contribution in [0.15, 0.2) is 24.3 Å². The van der Waals surface area contributed by atoms with Crippen LogP contribution in [-0.2, 0) is 20.7 Å². The number of methoxy groups -OCH3 is 2. The van der Waals surface area contributed by atoms with E-state index in [0.29, 0.717) is 6.54 Å². The van der Waals surface area contributed by atoms with Crippen molar-refractivity contribution in [2.75, 3.05) is 20.8 Å². The van der Waals surface area contributed by atoms with Crippen LogP contribution in [0.3, 0.4) is 0 Å². The Morgan fingerprint density at radius 1 is 1.32 bits per heavy atom. The number of ether oxygens (including phenoxy) is 2. The molecule has 5 nitrogen and oxygen atoms in total. The number of hydrogen-bond acceptors (Lipinski definition) is 4. The van der Waals surface area contributed by atoms with Gasteiger partial charge in [0.2, 0.25) is 5.91 Å². The number of amides is 1. The predicted octanol–water partition coefficient (Wildman–Crippen LogP) is 2.04. The number of esters is 1. The van der Waals surface area contributed by atoms with Gasteiger partial charge in [0, 0.05) is 19.0 Å². The standard InChI is InChI=1S/C17H23NO4/c1-12(4-5-13-6-8-15(21-2)9-7-13)18-11-14(10-16(18)19)17(20)22-3/h6-9,12,14H,4-5,10-11H2,1-3H3. The van der Waals surface area contributed by atoms with Gasteiger partial charge in [-0.15, -0.1) is 0 Å². The summed E-state index contributed by atoms with van der Waals surface area (Å²) in [5.41, 5.74) is 1.21. The Morgan fingerprint density at radius 3 is 2.59 bits per heavy atom. The lowest BCUT2D eigenvalue weighted by atomic mass is 10.1. The molecule has 0 N–H and O–H groups in total. The zero-order chi connectivity index (χ0) is 16.1. The van der Waals surface area contributed by atoms with E-state index in [0.717, 1.165) is 18.6 Å². The van der Waals surface area contributed by atoms with Crippen LogP contribution in [0.25, 0.3) is 0 Å². The Balaban J connectivity index is 1.87. The van der Waals surface area contributed by atoms with E-state index < -0.39 is 0 Å². The van der Waals surface area contributed by atoms with Crippen molar-refractivity contribution in [3.05, 3.63) is 29.8 Å². The lowest BCUT2D eigenvalue weighted by Gasteiger charge is -2.24. The van der Waals surface area contributed by atoms with Crippen molar-refractivity contribution >= 4 is 11.9 Å². The molecule has 1 fully saturated rings. The maximum atomic E-state index is 12.0. The third kappa shape index (κ3) is 3.78. The van der Waals surface area contributed by atoms with Crippen molar-refractivity contribution in [3.63, 3.8) is 0 Å². The third-order valence-corrected chi connectivity index (χ3v) is 4.23. The first-order chi connectivity index (χ1) is 10.5. The van der Waals surface area contributed by atoms with E-state index in [2.05, 4.69) is 0 Å². The molecule has 0 aromatic heterocycles. The summed E-state index contributed by atoms with van der Waals surface area (Å²) >= 11 is 0. The molecule has 1 aliphatic heterocycles. The molecule has 1 amide bonds. The van der Waals surface area contributed by atoms with E-state index in [1.165, 1.54) is 12.7 Å². The first-order valence-corrected chi connectivity index (χ1v) is 7.55. The Bertz CT molecular complexity index is 526. The van der Waals surface area contributed by atoms with E-state index in [1.807, 2.05) is 31.2 Å². The van der Waals surface area contributed by atoms with E-state index in [1.54, 1.807) is 12.0 Å². The highest BCUT2D eigenvalue weighted by Gasteiger charge is 2.36. The van der Waals surface area contributed by atoms with Crippen LogP contribution in [-0.4, -0.2) is 43.6 Å². The number of carbonyl (C=O) groups excluding carboxylic acids is 2. The smallest absolute Gasteiger partial charge is 0.310 e. The fourth-order valence-electron chi connectivity index (χ4n) is 2.81. The lowest BCUT2D eigenvalue weighted by molar-refractivity contribution is -0.145. The zero-order valence-electron chi connectivity index (χ0n) is 13.4. The highest BCUT2D eigenvalue weighted by Crippen LogP contribution is 2.23. The van der Waals surface area contributed by atoms with Gasteiger partial charge in [-0.05, 0) is 37.5 Å². The van der Waals surface area contributed by atoms with Gasteiger partial charge in [-0.25, -0.2) is 0 Å². The Kier molecular flexibility index (Phi) is 5.41. The normalized spacial score (nSPS) is 19.1. The number of aryl methyl sites for hydroxylation is 1. The van der Waals surface area contributed by atoms with Gasteiger partial charge in [0.1, 0.15) is 5.75 Å². The van der Waals surface area contributed by atoms with E-state index >= 15 is 0 Å². The van der Waals surface area contributed by atoms with Gasteiger partial charge in [-0.3, -0.25) is 9.59 Å². The van der Waals surface area contributed by atoms with Crippen molar-refractivity contribution in [2.45, 2.75) is 32.2 Å². The molecule has 0 aliphatic carbocycles. The van der Waals surface area contributed by atoms with Gasteiger partial charge in [0.15, 0.2) is 0 Å². The summed E-state index contributed by atoms with van der Waals surface area (Å²) < 4.78 is 9.87. The molecule has 1 aromatic carbocycles. The van der Waals surface area contributed by atoms with Crippen LogP contribution < -0.4 is 4.74 Å². The molecule has 2 atom stereocenters. The largest absolute Gasteiger partial charge is 0.497 e. The molecule has 1 saturated heterocycles. The van der Waals surface area contributed by atoms with E-state index in [-0.39, 0.29) is 30.3 Å². The summed E-state index contributed by atoms with van der Waals surface area (Å²) in [5.74, 6) is 0.268. The molecule has 1 aliphatic rings. The molecule has 2 rings (SSSR count). The Hall–Kier alpha value is -2.04. The second kappa shape index (κ2) is 7.29. The maximum absolute atomic E-state index is 12.0. The fourth-order valence-corrected chi connectivity index (χ4v) is 2.81. The molecule has 120 valence electrons. The number of benzene rings is 1. The van der Waals surface area contributed by atoms with E-state index in [4.69, 9.17) is 9.47 Å². The van der Waals surface area contributed by atoms with Crippen molar-refractivity contribution in [1.29, 1.82) is 0 Å². The van der Waals surface area contributed by atoms with Gasteiger partial charge in [0.25, 0.3) is 0 Å². The number of likely N-dealkylation sites (tertiary alicyclic amines) is 1. The number of nitrogens with zero attached hydrogens (tertiary/aromatic N) is 1. The maximum Gasteiger partial charge on any atom is 0.310 e.